The summed E-state index contributed by atoms with van der Waals surface area (Å²) >= 11 is 3.36. The molecular formula is C18H16BrFN2O2. The zero-order valence-corrected chi connectivity index (χ0v) is 14.5. The van der Waals surface area contributed by atoms with Crippen molar-refractivity contribution < 1.29 is 14.0 Å². The number of amides is 2. The highest BCUT2D eigenvalue weighted by molar-refractivity contribution is 9.10. The van der Waals surface area contributed by atoms with Crippen LogP contribution >= 0.6 is 15.9 Å². The first-order chi connectivity index (χ1) is 11.5. The quantitative estimate of drug-likeness (QED) is 0.789. The molecule has 0 bridgehead atoms. The zero-order valence-electron chi connectivity index (χ0n) is 12.9. The number of hydrogen-bond acceptors (Lipinski definition) is 2. The molecule has 6 heteroatoms. The average molecular weight is 391 g/mol. The van der Waals surface area contributed by atoms with Gasteiger partial charge < -0.3 is 9.80 Å². The molecule has 0 saturated carbocycles. The fourth-order valence-electron chi connectivity index (χ4n) is 2.69. The van der Waals surface area contributed by atoms with Crippen LogP contribution in [0.1, 0.15) is 20.7 Å². The number of nitrogens with zero attached hydrogens (tertiary/aromatic N) is 2. The Hall–Kier alpha value is -2.21. The Morgan fingerprint density at radius 3 is 1.92 bits per heavy atom. The number of halogens is 2. The smallest absolute Gasteiger partial charge is 0.254 e. The van der Waals surface area contributed by atoms with E-state index in [1.165, 1.54) is 24.3 Å². The lowest BCUT2D eigenvalue weighted by atomic mass is 10.1. The average Bonchev–Trinajstić information content (AvgIpc) is 2.61. The molecule has 0 aliphatic carbocycles. The van der Waals surface area contributed by atoms with Gasteiger partial charge in [-0.3, -0.25) is 9.59 Å². The largest absolute Gasteiger partial charge is 0.335 e. The zero-order chi connectivity index (χ0) is 17.1. The van der Waals surface area contributed by atoms with E-state index in [1.807, 2.05) is 12.1 Å². The van der Waals surface area contributed by atoms with Gasteiger partial charge >= 0.3 is 0 Å². The highest BCUT2D eigenvalue weighted by Crippen LogP contribution is 2.16. The summed E-state index contributed by atoms with van der Waals surface area (Å²) in [6, 6.07) is 12.8. The monoisotopic (exact) mass is 390 g/mol. The standard InChI is InChI=1S/C18H16BrFN2O2/c19-15-3-1-2-14(12-15)18(24)22-10-8-21(9-11-22)17(23)13-4-6-16(20)7-5-13/h1-7,12H,8-11H2. The molecule has 1 heterocycles. The van der Waals surface area contributed by atoms with Crippen molar-refractivity contribution in [3.63, 3.8) is 0 Å². The molecule has 4 nitrogen and oxygen atoms in total. The minimum absolute atomic E-state index is 0.0369. The van der Waals surface area contributed by atoms with Crippen LogP contribution in [0.25, 0.3) is 0 Å². The van der Waals surface area contributed by atoms with Gasteiger partial charge in [0.1, 0.15) is 5.82 Å². The molecule has 2 aromatic carbocycles. The van der Waals surface area contributed by atoms with Crippen molar-refractivity contribution in [2.24, 2.45) is 0 Å². The maximum absolute atomic E-state index is 12.9. The second-order valence-electron chi connectivity index (χ2n) is 5.60. The first kappa shape index (κ1) is 16.6. The summed E-state index contributed by atoms with van der Waals surface area (Å²) in [4.78, 5) is 28.3. The molecule has 0 unspecified atom stereocenters. The molecule has 3 rings (SSSR count). The summed E-state index contributed by atoms with van der Waals surface area (Å²) in [5.74, 6) is -0.536. The third-order valence-electron chi connectivity index (χ3n) is 4.02. The van der Waals surface area contributed by atoms with E-state index in [9.17, 15) is 14.0 Å². The number of hydrogen-bond donors (Lipinski definition) is 0. The molecular weight excluding hydrogens is 375 g/mol. The summed E-state index contributed by atoms with van der Waals surface area (Å²) < 4.78 is 13.8. The second-order valence-corrected chi connectivity index (χ2v) is 6.52. The van der Waals surface area contributed by atoms with E-state index in [0.29, 0.717) is 37.3 Å². The lowest BCUT2D eigenvalue weighted by Crippen LogP contribution is -2.50. The Bertz CT molecular complexity index is 756. The highest BCUT2D eigenvalue weighted by atomic mass is 79.9. The first-order valence-corrected chi connectivity index (χ1v) is 8.43. The Morgan fingerprint density at radius 2 is 1.38 bits per heavy atom. The Balaban J connectivity index is 1.62. The van der Waals surface area contributed by atoms with Gasteiger partial charge in [0.15, 0.2) is 0 Å². The van der Waals surface area contributed by atoms with Crippen LogP contribution in [0.5, 0.6) is 0 Å². The van der Waals surface area contributed by atoms with Gasteiger partial charge in [0.2, 0.25) is 0 Å². The van der Waals surface area contributed by atoms with Crippen molar-refractivity contribution in [1.29, 1.82) is 0 Å². The van der Waals surface area contributed by atoms with E-state index in [2.05, 4.69) is 15.9 Å². The van der Waals surface area contributed by atoms with Gasteiger partial charge in [-0.25, -0.2) is 4.39 Å². The molecule has 0 aromatic heterocycles. The van der Waals surface area contributed by atoms with E-state index < -0.39 is 0 Å². The Kier molecular flexibility index (Phi) is 4.94. The maximum atomic E-state index is 12.9. The molecule has 0 spiro atoms. The highest BCUT2D eigenvalue weighted by Gasteiger charge is 2.25. The normalized spacial score (nSPS) is 14.6. The number of rotatable bonds is 2. The van der Waals surface area contributed by atoms with Crippen molar-refractivity contribution in [2.45, 2.75) is 0 Å². The van der Waals surface area contributed by atoms with Crippen molar-refractivity contribution in [3.8, 4) is 0 Å². The Labute approximate surface area is 148 Å². The van der Waals surface area contributed by atoms with Gasteiger partial charge in [0, 0.05) is 41.8 Å². The van der Waals surface area contributed by atoms with E-state index in [0.717, 1.165) is 4.47 Å². The predicted molar refractivity (Wildman–Crippen MR) is 92.3 cm³/mol. The van der Waals surface area contributed by atoms with Gasteiger partial charge in [0.05, 0.1) is 0 Å². The van der Waals surface area contributed by atoms with Gasteiger partial charge in [-0.1, -0.05) is 22.0 Å². The molecule has 0 radical (unpaired) electrons. The summed E-state index contributed by atoms with van der Waals surface area (Å²) in [6.07, 6.45) is 0. The van der Waals surface area contributed by atoms with Crippen LogP contribution in [0, 0.1) is 5.82 Å². The van der Waals surface area contributed by atoms with Gasteiger partial charge in [-0.05, 0) is 42.5 Å². The minimum atomic E-state index is -0.365. The van der Waals surface area contributed by atoms with Gasteiger partial charge in [-0.2, -0.15) is 0 Å². The number of piperazine rings is 1. The summed E-state index contributed by atoms with van der Waals surface area (Å²) in [7, 11) is 0. The minimum Gasteiger partial charge on any atom is -0.335 e. The van der Waals surface area contributed by atoms with E-state index >= 15 is 0 Å². The van der Waals surface area contributed by atoms with Crippen molar-refractivity contribution in [3.05, 3.63) is 69.9 Å². The topological polar surface area (TPSA) is 40.6 Å². The number of benzene rings is 2. The molecule has 124 valence electrons. The fraction of sp³-hybridized carbons (Fsp3) is 0.222. The lowest BCUT2D eigenvalue weighted by Gasteiger charge is -2.35. The molecule has 0 N–H and O–H groups in total. The Morgan fingerprint density at radius 1 is 0.833 bits per heavy atom. The van der Waals surface area contributed by atoms with E-state index in [-0.39, 0.29) is 17.6 Å². The SMILES string of the molecule is O=C(c1ccc(F)cc1)N1CCN(C(=O)c2cccc(Br)c2)CC1. The molecule has 24 heavy (non-hydrogen) atoms. The molecule has 1 aliphatic rings. The van der Waals surface area contributed by atoms with Crippen molar-refractivity contribution in [1.82, 2.24) is 9.80 Å². The fourth-order valence-corrected chi connectivity index (χ4v) is 3.09. The van der Waals surface area contributed by atoms with Gasteiger partial charge in [0.25, 0.3) is 11.8 Å². The molecule has 1 aliphatic heterocycles. The molecule has 1 saturated heterocycles. The van der Waals surface area contributed by atoms with Crippen LogP contribution in [0.3, 0.4) is 0 Å². The molecule has 2 aromatic rings. The lowest BCUT2D eigenvalue weighted by molar-refractivity contribution is 0.0535. The molecule has 2 amide bonds. The van der Waals surface area contributed by atoms with Crippen LogP contribution in [0.2, 0.25) is 0 Å². The van der Waals surface area contributed by atoms with E-state index in [4.69, 9.17) is 0 Å². The van der Waals surface area contributed by atoms with Crippen LogP contribution in [0.15, 0.2) is 53.0 Å². The first-order valence-electron chi connectivity index (χ1n) is 7.64. The van der Waals surface area contributed by atoms with Gasteiger partial charge in [-0.15, -0.1) is 0 Å². The van der Waals surface area contributed by atoms with Crippen LogP contribution in [-0.4, -0.2) is 47.8 Å². The van der Waals surface area contributed by atoms with Crippen molar-refractivity contribution >= 4 is 27.7 Å². The van der Waals surface area contributed by atoms with Crippen LogP contribution in [0.4, 0.5) is 4.39 Å². The number of carbonyl (C=O) groups is 2. The predicted octanol–water partition coefficient (Wildman–Crippen LogP) is 3.19. The number of carbonyl (C=O) groups excluding carboxylic acids is 2. The summed E-state index contributed by atoms with van der Waals surface area (Å²) in [5.41, 5.74) is 1.09. The maximum Gasteiger partial charge on any atom is 0.254 e. The third-order valence-corrected chi connectivity index (χ3v) is 4.51. The van der Waals surface area contributed by atoms with E-state index in [1.54, 1.807) is 21.9 Å². The second kappa shape index (κ2) is 7.13. The van der Waals surface area contributed by atoms with Crippen LogP contribution < -0.4 is 0 Å². The third kappa shape index (κ3) is 3.64. The summed E-state index contributed by atoms with van der Waals surface area (Å²) in [5, 5.41) is 0. The van der Waals surface area contributed by atoms with Crippen LogP contribution in [-0.2, 0) is 0 Å². The molecule has 0 atom stereocenters. The van der Waals surface area contributed by atoms with Crippen molar-refractivity contribution in [2.75, 3.05) is 26.2 Å². The molecule has 1 fully saturated rings. The summed E-state index contributed by atoms with van der Waals surface area (Å²) in [6.45, 7) is 1.91.